The highest BCUT2D eigenvalue weighted by atomic mass is 32.1. The summed E-state index contributed by atoms with van der Waals surface area (Å²) in [6, 6.07) is 4.95. The highest BCUT2D eigenvalue weighted by Crippen LogP contribution is 2.23. The summed E-state index contributed by atoms with van der Waals surface area (Å²) in [4.78, 5) is 4.04. The second-order valence-corrected chi connectivity index (χ2v) is 7.11. The molecular formula is C16H30N2S. The Morgan fingerprint density at radius 3 is 2.58 bits per heavy atom. The minimum absolute atomic E-state index is 0.359. The van der Waals surface area contributed by atoms with Crippen molar-refractivity contribution in [3.63, 3.8) is 0 Å². The van der Waals surface area contributed by atoms with E-state index >= 15 is 0 Å². The molecule has 19 heavy (non-hydrogen) atoms. The van der Waals surface area contributed by atoms with E-state index in [1.165, 1.54) is 11.3 Å². The fourth-order valence-corrected chi connectivity index (χ4v) is 2.93. The van der Waals surface area contributed by atoms with E-state index in [-0.39, 0.29) is 0 Å². The third-order valence-electron chi connectivity index (χ3n) is 3.80. The maximum atomic E-state index is 3.60. The topological polar surface area (TPSA) is 15.3 Å². The fourth-order valence-electron chi connectivity index (χ4n) is 2.19. The Kier molecular flexibility index (Phi) is 7.05. The molecule has 3 heteroatoms. The quantitative estimate of drug-likeness (QED) is 0.737. The van der Waals surface area contributed by atoms with Crippen LogP contribution in [0.1, 0.15) is 45.9 Å². The van der Waals surface area contributed by atoms with Crippen LogP contribution in [0.25, 0.3) is 0 Å². The molecule has 1 unspecified atom stereocenters. The molecule has 0 amide bonds. The van der Waals surface area contributed by atoms with E-state index in [0.29, 0.717) is 11.5 Å². The van der Waals surface area contributed by atoms with Crippen molar-refractivity contribution in [3.05, 3.63) is 22.4 Å². The predicted molar refractivity (Wildman–Crippen MR) is 86.8 cm³/mol. The van der Waals surface area contributed by atoms with E-state index in [1.807, 2.05) is 11.3 Å². The standard InChI is InChI=1S/C16H30N2S/c1-6-16(5,12-17-14(3)4)13-18(7-2)11-15-9-8-10-19-15/h8-10,14,17H,6-7,11-13H2,1-5H3. The van der Waals surface area contributed by atoms with Gasteiger partial charge in [-0.2, -0.15) is 0 Å². The summed E-state index contributed by atoms with van der Waals surface area (Å²) < 4.78 is 0. The molecule has 0 aliphatic carbocycles. The van der Waals surface area contributed by atoms with Gasteiger partial charge in [0, 0.05) is 30.6 Å². The van der Waals surface area contributed by atoms with E-state index < -0.39 is 0 Å². The van der Waals surface area contributed by atoms with Gasteiger partial charge in [0.05, 0.1) is 0 Å². The summed E-state index contributed by atoms with van der Waals surface area (Å²) in [7, 11) is 0. The molecule has 1 rings (SSSR count). The molecular weight excluding hydrogens is 252 g/mol. The number of hydrogen-bond donors (Lipinski definition) is 1. The van der Waals surface area contributed by atoms with Crippen molar-refractivity contribution in [2.75, 3.05) is 19.6 Å². The van der Waals surface area contributed by atoms with Crippen molar-refractivity contribution in [2.24, 2.45) is 5.41 Å². The van der Waals surface area contributed by atoms with Crippen LogP contribution < -0.4 is 5.32 Å². The molecule has 0 saturated carbocycles. The molecule has 0 radical (unpaired) electrons. The summed E-state index contributed by atoms with van der Waals surface area (Å²) in [5.41, 5.74) is 0.359. The molecule has 0 spiro atoms. The lowest BCUT2D eigenvalue weighted by Gasteiger charge is -2.35. The lowest BCUT2D eigenvalue weighted by molar-refractivity contribution is 0.153. The van der Waals surface area contributed by atoms with Crippen molar-refractivity contribution in [1.82, 2.24) is 10.2 Å². The number of nitrogens with one attached hydrogen (secondary N) is 1. The summed E-state index contributed by atoms with van der Waals surface area (Å²) in [6.07, 6.45) is 1.22. The lowest BCUT2D eigenvalue weighted by atomic mass is 9.86. The Bertz CT molecular complexity index is 335. The minimum Gasteiger partial charge on any atom is -0.314 e. The van der Waals surface area contributed by atoms with Crippen molar-refractivity contribution >= 4 is 11.3 Å². The molecule has 110 valence electrons. The van der Waals surface area contributed by atoms with Gasteiger partial charge in [-0.1, -0.05) is 40.7 Å². The molecule has 0 aromatic carbocycles. The SMILES string of the molecule is CCN(Cc1cccs1)CC(C)(CC)CNC(C)C. The van der Waals surface area contributed by atoms with E-state index in [0.717, 1.165) is 26.2 Å². The van der Waals surface area contributed by atoms with Gasteiger partial charge in [0.15, 0.2) is 0 Å². The van der Waals surface area contributed by atoms with Crippen LogP contribution in [0.2, 0.25) is 0 Å². The zero-order valence-electron chi connectivity index (χ0n) is 13.2. The maximum Gasteiger partial charge on any atom is 0.0328 e. The molecule has 1 aromatic heterocycles. The van der Waals surface area contributed by atoms with Crippen LogP contribution in [0.4, 0.5) is 0 Å². The molecule has 1 atom stereocenters. The molecule has 1 N–H and O–H groups in total. The van der Waals surface area contributed by atoms with E-state index in [1.54, 1.807) is 0 Å². The second kappa shape index (κ2) is 8.03. The van der Waals surface area contributed by atoms with Crippen molar-refractivity contribution in [1.29, 1.82) is 0 Å². The Labute approximate surface area is 123 Å². The molecule has 0 aliphatic rings. The maximum absolute atomic E-state index is 3.60. The highest BCUT2D eigenvalue weighted by molar-refractivity contribution is 7.09. The van der Waals surface area contributed by atoms with Crippen LogP contribution in [0.15, 0.2) is 17.5 Å². The normalized spacial score (nSPS) is 15.1. The van der Waals surface area contributed by atoms with Gasteiger partial charge in [0.1, 0.15) is 0 Å². The fraction of sp³-hybridized carbons (Fsp3) is 0.750. The van der Waals surface area contributed by atoms with E-state index in [2.05, 4.69) is 62.3 Å². The third-order valence-corrected chi connectivity index (χ3v) is 4.66. The Morgan fingerprint density at radius 2 is 2.11 bits per heavy atom. The molecule has 0 saturated heterocycles. The van der Waals surface area contributed by atoms with Crippen LogP contribution in [0, 0.1) is 5.41 Å². The van der Waals surface area contributed by atoms with Crippen LogP contribution in [0.3, 0.4) is 0 Å². The number of nitrogens with zero attached hydrogens (tertiary/aromatic N) is 1. The first-order valence-electron chi connectivity index (χ1n) is 7.47. The van der Waals surface area contributed by atoms with Gasteiger partial charge in [-0.15, -0.1) is 11.3 Å². The van der Waals surface area contributed by atoms with Crippen LogP contribution in [-0.4, -0.2) is 30.6 Å². The zero-order chi connectivity index (χ0) is 14.3. The number of rotatable bonds is 9. The first-order chi connectivity index (χ1) is 8.99. The van der Waals surface area contributed by atoms with Gasteiger partial charge in [-0.25, -0.2) is 0 Å². The van der Waals surface area contributed by atoms with Crippen molar-refractivity contribution in [3.8, 4) is 0 Å². The first kappa shape index (κ1) is 16.7. The molecule has 0 aliphatic heterocycles. The molecule has 1 heterocycles. The third kappa shape index (κ3) is 6.07. The Morgan fingerprint density at radius 1 is 1.37 bits per heavy atom. The van der Waals surface area contributed by atoms with Gasteiger partial charge in [-0.05, 0) is 29.8 Å². The minimum atomic E-state index is 0.359. The predicted octanol–water partition coefficient (Wildman–Crippen LogP) is 3.98. The summed E-state index contributed by atoms with van der Waals surface area (Å²) in [5.74, 6) is 0. The van der Waals surface area contributed by atoms with Gasteiger partial charge >= 0.3 is 0 Å². The molecule has 0 fully saturated rings. The summed E-state index contributed by atoms with van der Waals surface area (Å²) in [6.45, 7) is 15.9. The van der Waals surface area contributed by atoms with Crippen molar-refractivity contribution < 1.29 is 0 Å². The van der Waals surface area contributed by atoms with Gasteiger partial charge in [0.25, 0.3) is 0 Å². The second-order valence-electron chi connectivity index (χ2n) is 6.08. The number of thiophene rings is 1. The van der Waals surface area contributed by atoms with Crippen LogP contribution in [0.5, 0.6) is 0 Å². The first-order valence-corrected chi connectivity index (χ1v) is 8.35. The lowest BCUT2D eigenvalue weighted by Crippen LogP contribution is -2.43. The van der Waals surface area contributed by atoms with Gasteiger partial charge in [0.2, 0.25) is 0 Å². The zero-order valence-corrected chi connectivity index (χ0v) is 14.0. The highest BCUT2D eigenvalue weighted by Gasteiger charge is 2.25. The monoisotopic (exact) mass is 282 g/mol. The molecule has 0 bridgehead atoms. The average Bonchev–Trinajstić information content (AvgIpc) is 2.88. The summed E-state index contributed by atoms with van der Waals surface area (Å²) >= 11 is 1.86. The van der Waals surface area contributed by atoms with E-state index in [9.17, 15) is 0 Å². The van der Waals surface area contributed by atoms with Crippen LogP contribution in [-0.2, 0) is 6.54 Å². The van der Waals surface area contributed by atoms with E-state index in [4.69, 9.17) is 0 Å². The van der Waals surface area contributed by atoms with Gasteiger partial charge < -0.3 is 5.32 Å². The molecule has 2 nitrogen and oxygen atoms in total. The van der Waals surface area contributed by atoms with Gasteiger partial charge in [-0.3, -0.25) is 4.90 Å². The number of hydrogen-bond acceptors (Lipinski definition) is 3. The average molecular weight is 282 g/mol. The van der Waals surface area contributed by atoms with Crippen LogP contribution >= 0.6 is 11.3 Å². The summed E-state index contributed by atoms with van der Waals surface area (Å²) in [5, 5.41) is 5.77. The Balaban J connectivity index is 2.55. The molecule has 1 aromatic rings. The largest absolute Gasteiger partial charge is 0.314 e. The Hall–Kier alpha value is -0.380. The van der Waals surface area contributed by atoms with Crippen molar-refractivity contribution in [2.45, 2.75) is 53.6 Å². The smallest absolute Gasteiger partial charge is 0.0328 e.